The van der Waals surface area contributed by atoms with Gasteiger partial charge in [-0.2, -0.15) is 0 Å². The Balaban J connectivity index is 2.01. The van der Waals surface area contributed by atoms with Gasteiger partial charge in [-0.05, 0) is 41.3 Å². The molecule has 4 nitrogen and oxygen atoms in total. The van der Waals surface area contributed by atoms with Crippen LogP contribution in [0.4, 0.5) is 0 Å². The molecule has 1 amide bonds. The van der Waals surface area contributed by atoms with Crippen LogP contribution in [-0.2, 0) is 13.0 Å². The maximum Gasteiger partial charge on any atom is 0.251 e. The monoisotopic (exact) mass is 292 g/mol. The lowest BCUT2D eigenvalue weighted by Crippen LogP contribution is -2.23. The minimum Gasteiger partial charge on any atom is -0.392 e. The van der Waals surface area contributed by atoms with Crippen molar-refractivity contribution >= 4 is 16.8 Å². The first-order valence-electron chi connectivity index (χ1n) is 7.40. The Bertz CT molecular complexity index is 880. The fourth-order valence-corrected chi connectivity index (χ4v) is 3.22. The number of hydrogen-bond acceptors (Lipinski definition) is 2. The van der Waals surface area contributed by atoms with Crippen molar-refractivity contribution in [2.24, 2.45) is 0 Å². The van der Waals surface area contributed by atoms with E-state index < -0.39 is 0 Å². The smallest absolute Gasteiger partial charge is 0.251 e. The molecule has 0 bridgehead atoms. The summed E-state index contributed by atoms with van der Waals surface area (Å²) in [5.74, 6) is -0.0148. The molecule has 4 heteroatoms. The number of benzene rings is 2. The number of amides is 1. The highest BCUT2D eigenvalue weighted by molar-refractivity contribution is 6.10. The van der Waals surface area contributed by atoms with Gasteiger partial charge in [0.25, 0.3) is 5.91 Å². The Hall–Kier alpha value is -2.59. The number of aromatic nitrogens is 1. The third-order valence-electron chi connectivity index (χ3n) is 4.23. The van der Waals surface area contributed by atoms with E-state index in [2.05, 4.69) is 10.3 Å². The highest BCUT2D eigenvalue weighted by atomic mass is 16.3. The van der Waals surface area contributed by atoms with Gasteiger partial charge in [0.05, 0.1) is 6.61 Å². The van der Waals surface area contributed by atoms with Crippen molar-refractivity contribution < 1.29 is 9.90 Å². The molecule has 0 radical (unpaired) electrons. The second kappa shape index (κ2) is 5.00. The van der Waals surface area contributed by atoms with Gasteiger partial charge in [-0.1, -0.05) is 24.3 Å². The Kier molecular flexibility index (Phi) is 2.98. The van der Waals surface area contributed by atoms with Crippen LogP contribution in [0.5, 0.6) is 0 Å². The summed E-state index contributed by atoms with van der Waals surface area (Å²) in [4.78, 5) is 15.6. The maximum atomic E-state index is 12.2. The zero-order valence-electron chi connectivity index (χ0n) is 12.0. The maximum absolute atomic E-state index is 12.2. The third-order valence-corrected chi connectivity index (χ3v) is 4.23. The van der Waals surface area contributed by atoms with Gasteiger partial charge in [0.15, 0.2) is 0 Å². The van der Waals surface area contributed by atoms with Crippen molar-refractivity contribution in [2.75, 3.05) is 6.54 Å². The molecule has 0 saturated heterocycles. The van der Waals surface area contributed by atoms with Crippen LogP contribution in [0.2, 0.25) is 0 Å². The van der Waals surface area contributed by atoms with Crippen LogP contribution in [-0.4, -0.2) is 22.5 Å². The van der Waals surface area contributed by atoms with Crippen LogP contribution in [0.3, 0.4) is 0 Å². The van der Waals surface area contributed by atoms with E-state index in [-0.39, 0.29) is 12.5 Å². The van der Waals surface area contributed by atoms with E-state index in [1.165, 1.54) is 5.56 Å². The molecular weight excluding hydrogens is 276 g/mol. The van der Waals surface area contributed by atoms with Crippen LogP contribution in [0.25, 0.3) is 22.2 Å². The first-order chi connectivity index (χ1) is 10.8. The van der Waals surface area contributed by atoms with Gasteiger partial charge >= 0.3 is 0 Å². The van der Waals surface area contributed by atoms with Crippen molar-refractivity contribution in [3.8, 4) is 11.3 Å². The lowest BCUT2D eigenvalue weighted by molar-refractivity contribution is 0.0957. The van der Waals surface area contributed by atoms with Gasteiger partial charge < -0.3 is 15.4 Å². The lowest BCUT2D eigenvalue weighted by atomic mass is 9.99. The van der Waals surface area contributed by atoms with E-state index in [9.17, 15) is 9.90 Å². The van der Waals surface area contributed by atoms with Crippen LogP contribution in [0.1, 0.15) is 21.5 Å². The Morgan fingerprint density at radius 1 is 1.14 bits per heavy atom. The zero-order valence-corrected chi connectivity index (χ0v) is 12.0. The molecule has 1 aliphatic rings. The summed E-state index contributed by atoms with van der Waals surface area (Å²) < 4.78 is 0. The molecule has 4 rings (SSSR count). The van der Waals surface area contributed by atoms with Crippen LogP contribution in [0, 0.1) is 0 Å². The highest BCUT2D eigenvalue weighted by Gasteiger charge is 2.21. The molecule has 0 aliphatic carbocycles. The standard InChI is InChI=1S/C18H16N2O2/c21-10-11-3-1-4-12(9-11)17-13-7-8-19-18(22)14-5-2-6-15(20-17)16(13)14/h1-6,9,20-21H,7-8,10H2,(H,19,22). The van der Waals surface area contributed by atoms with Gasteiger partial charge in [-0.25, -0.2) is 0 Å². The summed E-state index contributed by atoms with van der Waals surface area (Å²) >= 11 is 0. The predicted octanol–water partition coefficient (Wildman–Crippen LogP) is 2.61. The summed E-state index contributed by atoms with van der Waals surface area (Å²) in [7, 11) is 0. The molecule has 2 heterocycles. The summed E-state index contributed by atoms with van der Waals surface area (Å²) in [5.41, 5.74) is 5.83. The fraction of sp³-hybridized carbons (Fsp3) is 0.167. The number of nitrogens with one attached hydrogen (secondary N) is 2. The molecule has 0 spiro atoms. The molecule has 3 N–H and O–H groups in total. The summed E-state index contributed by atoms with van der Waals surface area (Å²) in [5, 5.41) is 13.3. The quantitative estimate of drug-likeness (QED) is 0.680. The van der Waals surface area contributed by atoms with Gasteiger partial charge in [-0.15, -0.1) is 0 Å². The number of H-pyrrole nitrogens is 1. The van der Waals surface area contributed by atoms with E-state index >= 15 is 0 Å². The molecule has 0 saturated carbocycles. The largest absolute Gasteiger partial charge is 0.392 e. The van der Waals surface area contributed by atoms with E-state index in [0.29, 0.717) is 6.54 Å². The number of rotatable bonds is 2. The average Bonchev–Trinajstić information content (AvgIpc) is 2.84. The lowest BCUT2D eigenvalue weighted by Gasteiger charge is -2.05. The van der Waals surface area contributed by atoms with Crippen molar-refractivity contribution in [3.05, 3.63) is 59.2 Å². The summed E-state index contributed by atoms with van der Waals surface area (Å²) in [6.07, 6.45) is 0.793. The van der Waals surface area contributed by atoms with Crippen LogP contribution < -0.4 is 5.32 Å². The van der Waals surface area contributed by atoms with Crippen molar-refractivity contribution in [1.82, 2.24) is 10.3 Å². The van der Waals surface area contributed by atoms with Gasteiger partial charge in [0.1, 0.15) is 0 Å². The second-order valence-electron chi connectivity index (χ2n) is 5.57. The number of aliphatic hydroxyl groups excluding tert-OH is 1. The molecule has 0 fully saturated rings. The minimum absolute atomic E-state index is 0.0148. The van der Waals surface area contributed by atoms with Crippen molar-refractivity contribution in [1.29, 1.82) is 0 Å². The Labute approximate surface area is 127 Å². The van der Waals surface area contributed by atoms with Crippen LogP contribution >= 0.6 is 0 Å². The average molecular weight is 292 g/mol. The van der Waals surface area contributed by atoms with Gasteiger partial charge in [-0.3, -0.25) is 4.79 Å². The molecule has 110 valence electrons. The highest BCUT2D eigenvalue weighted by Crippen LogP contribution is 2.34. The molecule has 1 aliphatic heterocycles. The van der Waals surface area contributed by atoms with E-state index in [4.69, 9.17) is 0 Å². The minimum atomic E-state index is -0.0148. The normalized spacial score (nSPS) is 14.0. The SMILES string of the molecule is O=C1NCCc2c(-c3cccc(CO)c3)[nH]c3cccc1c23. The fourth-order valence-electron chi connectivity index (χ4n) is 3.22. The second-order valence-corrected chi connectivity index (χ2v) is 5.57. The molecule has 0 unspecified atom stereocenters. The number of aliphatic hydroxyl groups is 1. The molecule has 3 aromatic rings. The van der Waals surface area contributed by atoms with E-state index in [1.807, 2.05) is 42.5 Å². The molecule has 2 aromatic carbocycles. The molecular formula is C18H16N2O2. The predicted molar refractivity (Wildman–Crippen MR) is 85.7 cm³/mol. The number of aromatic amines is 1. The molecule has 0 atom stereocenters. The van der Waals surface area contributed by atoms with Crippen molar-refractivity contribution in [3.63, 3.8) is 0 Å². The Morgan fingerprint density at radius 2 is 2.00 bits per heavy atom. The third kappa shape index (κ3) is 1.92. The first-order valence-corrected chi connectivity index (χ1v) is 7.40. The number of hydrogen-bond donors (Lipinski definition) is 3. The number of carbonyl (C=O) groups is 1. The van der Waals surface area contributed by atoms with E-state index in [0.717, 1.165) is 39.7 Å². The van der Waals surface area contributed by atoms with E-state index in [1.54, 1.807) is 0 Å². The Morgan fingerprint density at radius 3 is 2.86 bits per heavy atom. The molecule has 22 heavy (non-hydrogen) atoms. The van der Waals surface area contributed by atoms with Crippen LogP contribution in [0.15, 0.2) is 42.5 Å². The number of carbonyl (C=O) groups excluding carboxylic acids is 1. The zero-order chi connectivity index (χ0) is 15.1. The molecule has 1 aromatic heterocycles. The summed E-state index contributed by atoms with van der Waals surface area (Å²) in [6, 6.07) is 13.6. The topological polar surface area (TPSA) is 65.1 Å². The van der Waals surface area contributed by atoms with Crippen molar-refractivity contribution in [2.45, 2.75) is 13.0 Å². The van der Waals surface area contributed by atoms with Gasteiger partial charge in [0.2, 0.25) is 0 Å². The van der Waals surface area contributed by atoms with Gasteiger partial charge in [0, 0.05) is 28.7 Å². The summed E-state index contributed by atoms with van der Waals surface area (Å²) in [6.45, 7) is 0.655. The first kappa shape index (κ1) is 13.1.